The number of amides is 2. The van der Waals surface area contributed by atoms with Crippen molar-refractivity contribution in [3.8, 4) is 0 Å². The average molecular weight is 364 g/mol. The molecule has 5 nitrogen and oxygen atoms in total. The number of aryl methyl sites for hydroxylation is 2. The predicted octanol–water partition coefficient (Wildman–Crippen LogP) is 3.81. The third kappa shape index (κ3) is 4.25. The van der Waals surface area contributed by atoms with Crippen LogP contribution in [0.2, 0.25) is 0 Å². The molecule has 0 radical (unpaired) electrons. The molecule has 0 fully saturated rings. The van der Waals surface area contributed by atoms with Crippen molar-refractivity contribution in [2.75, 3.05) is 16.8 Å². The molecule has 140 valence electrons. The first-order chi connectivity index (χ1) is 12.8. The lowest BCUT2D eigenvalue weighted by Crippen LogP contribution is -2.25. The quantitative estimate of drug-likeness (QED) is 0.821. The van der Waals surface area contributed by atoms with Crippen molar-refractivity contribution in [1.29, 1.82) is 0 Å². The maximum absolute atomic E-state index is 12.3. The number of ketones is 1. The van der Waals surface area contributed by atoms with Crippen LogP contribution in [0.3, 0.4) is 0 Å². The Morgan fingerprint density at radius 2 is 1.78 bits per heavy atom. The normalized spacial score (nSPS) is 12.6. The third-order valence-corrected chi connectivity index (χ3v) is 5.05. The van der Waals surface area contributed by atoms with Crippen molar-refractivity contribution in [2.24, 2.45) is 0 Å². The van der Waals surface area contributed by atoms with E-state index in [0.29, 0.717) is 17.8 Å². The van der Waals surface area contributed by atoms with Crippen molar-refractivity contribution in [3.05, 3.63) is 58.7 Å². The predicted molar refractivity (Wildman–Crippen MR) is 106 cm³/mol. The minimum Gasteiger partial charge on any atom is -0.326 e. The van der Waals surface area contributed by atoms with Crippen LogP contribution in [0.15, 0.2) is 36.4 Å². The summed E-state index contributed by atoms with van der Waals surface area (Å²) in [6, 6.07) is 11.2. The molecule has 0 spiro atoms. The zero-order chi connectivity index (χ0) is 19.6. The topological polar surface area (TPSA) is 66.5 Å². The van der Waals surface area contributed by atoms with Crippen LogP contribution in [0.4, 0.5) is 11.4 Å². The van der Waals surface area contributed by atoms with E-state index < -0.39 is 0 Å². The first-order valence-corrected chi connectivity index (χ1v) is 9.16. The number of nitrogens with one attached hydrogen (secondary N) is 1. The van der Waals surface area contributed by atoms with Crippen LogP contribution in [-0.4, -0.2) is 24.1 Å². The molecule has 5 heteroatoms. The summed E-state index contributed by atoms with van der Waals surface area (Å²) in [6.45, 7) is 6.18. The van der Waals surface area contributed by atoms with Crippen LogP contribution in [0.25, 0.3) is 0 Å². The summed E-state index contributed by atoms with van der Waals surface area (Å²) in [5, 5.41) is 2.83. The molecule has 2 aromatic carbocycles. The number of anilines is 2. The summed E-state index contributed by atoms with van der Waals surface area (Å²) >= 11 is 0. The highest BCUT2D eigenvalue weighted by Gasteiger charge is 2.22. The van der Waals surface area contributed by atoms with Gasteiger partial charge in [-0.25, -0.2) is 0 Å². The summed E-state index contributed by atoms with van der Waals surface area (Å²) < 4.78 is 0. The number of fused-ring (bicyclic) bond motifs is 1. The SMILES string of the molecule is CC(=O)N1CCc2ccc(NC(=O)CCC(=O)c3ccc(C)c(C)c3)cc21. The van der Waals surface area contributed by atoms with Crippen molar-refractivity contribution >= 4 is 29.0 Å². The zero-order valence-electron chi connectivity index (χ0n) is 16.0. The van der Waals surface area contributed by atoms with Gasteiger partial charge in [0.15, 0.2) is 5.78 Å². The van der Waals surface area contributed by atoms with E-state index in [4.69, 9.17) is 0 Å². The Morgan fingerprint density at radius 3 is 2.48 bits per heavy atom. The molecule has 1 aliphatic rings. The van der Waals surface area contributed by atoms with E-state index >= 15 is 0 Å². The van der Waals surface area contributed by atoms with Crippen molar-refractivity contribution in [2.45, 2.75) is 40.0 Å². The van der Waals surface area contributed by atoms with Gasteiger partial charge in [-0.1, -0.05) is 18.2 Å². The number of benzene rings is 2. The number of Topliss-reactive ketones (excluding diaryl/α,β-unsaturated/α-hetero) is 1. The van der Waals surface area contributed by atoms with E-state index in [1.807, 2.05) is 44.2 Å². The highest BCUT2D eigenvalue weighted by atomic mass is 16.2. The second-order valence-corrected chi connectivity index (χ2v) is 7.03. The lowest BCUT2D eigenvalue weighted by molar-refractivity contribution is -0.117. The number of carbonyl (C=O) groups excluding carboxylic acids is 3. The Labute approximate surface area is 159 Å². The van der Waals surface area contributed by atoms with E-state index in [1.165, 1.54) is 0 Å². The van der Waals surface area contributed by atoms with Gasteiger partial charge in [0.25, 0.3) is 0 Å². The number of nitrogens with zero attached hydrogens (tertiary/aromatic N) is 1. The van der Waals surface area contributed by atoms with Crippen LogP contribution in [-0.2, 0) is 16.0 Å². The molecule has 0 unspecified atom stereocenters. The van der Waals surface area contributed by atoms with E-state index in [-0.39, 0.29) is 30.4 Å². The third-order valence-electron chi connectivity index (χ3n) is 5.05. The average Bonchev–Trinajstić information content (AvgIpc) is 3.05. The largest absolute Gasteiger partial charge is 0.326 e. The van der Waals surface area contributed by atoms with Crippen LogP contribution >= 0.6 is 0 Å². The van der Waals surface area contributed by atoms with Crippen molar-refractivity contribution < 1.29 is 14.4 Å². The van der Waals surface area contributed by atoms with Crippen LogP contribution in [0.1, 0.15) is 46.8 Å². The second kappa shape index (κ2) is 7.74. The molecule has 1 aliphatic heterocycles. The van der Waals surface area contributed by atoms with E-state index in [2.05, 4.69) is 5.32 Å². The molecule has 0 saturated carbocycles. The molecule has 2 aromatic rings. The Bertz CT molecular complexity index is 918. The Balaban J connectivity index is 1.60. The highest BCUT2D eigenvalue weighted by molar-refractivity contribution is 6.01. The molecule has 0 atom stereocenters. The number of rotatable bonds is 5. The van der Waals surface area contributed by atoms with Gasteiger partial charge in [-0.2, -0.15) is 0 Å². The minimum absolute atomic E-state index is 0.00351. The molecule has 0 bridgehead atoms. The minimum atomic E-state index is -0.209. The van der Waals surface area contributed by atoms with Gasteiger partial charge in [0.05, 0.1) is 0 Å². The Kier molecular flexibility index (Phi) is 5.40. The molecule has 0 aromatic heterocycles. The fraction of sp³-hybridized carbons (Fsp3) is 0.318. The van der Waals surface area contributed by atoms with Crippen LogP contribution < -0.4 is 10.2 Å². The van der Waals surface area contributed by atoms with Crippen molar-refractivity contribution in [3.63, 3.8) is 0 Å². The van der Waals surface area contributed by atoms with Crippen LogP contribution in [0, 0.1) is 13.8 Å². The summed E-state index contributed by atoms with van der Waals surface area (Å²) in [5.41, 5.74) is 5.45. The van der Waals surface area contributed by atoms with E-state index in [0.717, 1.165) is 28.8 Å². The molecule has 0 aliphatic carbocycles. The Morgan fingerprint density at radius 1 is 1.00 bits per heavy atom. The summed E-state index contributed by atoms with van der Waals surface area (Å²) in [7, 11) is 0. The van der Waals surface area contributed by atoms with Crippen LogP contribution in [0.5, 0.6) is 0 Å². The first-order valence-electron chi connectivity index (χ1n) is 9.16. The van der Waals surface area contributed by atoms with Gasteiger partial charge < -0.3 is 10.2 Å². The highest BCUT2D eigenvalue weighted by Crippen LogP contribution is 2.31. The maximum Gasteiger partial charge on any atom is 0.224 e. The lowest BCUT2D eigenvalue weighted by atomic mass is 10.0. The molecule has 0 saturated heterocycles. The Hall–Kier alpha value is -2.95. The molecular weight excluding hydrogens is 340 g/mol. The lowest BCUT2D eigenvalue weighted by Gasteiger charge is -2.15. The van der Waals surface area contributed by atoms with E-state index in [9.17, 15) is 14.4 Å². The number of hydrogen-bond donors (Lipinski definition) is 1. The number of hydrogen-bond acceptors (Lipinski definition) is 3. The first kappa shape index (κ1) is 18.8. The van der Waals surface area contributed by atoms with Gasteiger partial charge in [0, 0.05) is 43.2 Å². The fourth-order valence-corrected chi connectivity index (χ4v) is 3.29. The molecule has 1 heterocycles. The smallest absolute Gasteiger partial charge is 0.224 e. The monoisotopic (exact) mass is 364 g/mol. The molecule has 2 amide bonds. The second-order valence-electron chi connectivity index (χ2n) is 7.03. The van der Waals surface area contributed by atoms with Crippen molar-refractivity contribution in [1.82, 2.24) is 0 Å². The van der Waals surface area contributed by atoms with Gasteiger partial charge in [0.1, 0.15) is 0 Å². The zero-order valence-corrected chi connectivity index (χ0v) is 16.0. The molecule has 3 rings (SSSR count). The van der Waals surface area contributed by atoms with Gasteiger partial charge in [-0.3, -0.25) is 14.4 Å². The maximum atomic E-state index is 12.3. The van der Waals surface area contributed by atoms with Gasteiger partial charge in [-0.15, -0.1) is 0 Å². The molecular formula is C22H24N2O3. The number of carbonyl (C=O) groups is 3. The summed E-state index contributed by atoms with van der Waals surface area (Å²) in [4.78, 5) is 38.0. The van der Waals surface area contributed by atoms with Gasteiger partial charge in [-0.05, 0) is 55.2 Å². The van der Waals surface area contributed by atoms with E-state index in [1.54, 1.807) is 17.9 Å². The summed E-state index contributed by atoms with van der Waals surface area (Å²) in [6.07, 6.45) is 1.12. The molecule has 27 heavy (non-hydrogen) atoms. The van der Waals surface area contributed by atoms with Gasteiger partial charge in [0.2, 0.25) is 11.8 Å². The van der Waals surface area contributed by atoms with Gasteiger partial charge >= 0.3 is 0 Å². The fourth-order valence-electron chi connectivity index (χ4n) is 3.29. The summed E-state index contributed by atoms with van der Waals surface area (Å²) in [5.74, 6) is -0.249. The molecule has 1 N–H and O–H groups in total. The standard InChI is InChI=1S/C22H24N2O3/c1-14-4-5-18(12-15(14)2)21(26)8-9-22(27)23-19-7-6-17-10-11-24(16(3)25)20(17)13-19/h4-7,12-13H,8-11H2,1-3H3,(H,23,27).